The van der Waals surface area contributed by atoms with Crippen LogP contribution in [0.4, 0.5) is 13.6 Å². The van der Waals surface area contributed by atoms with Gasteiger partial charge in [0.25, 0.3) is 5.91 Å². The van der Waals surface area contributed by atoms with E-state index >= 15 is 0 Å². The molecular weight excluding hydrogens is 433 g/mol. The van der Waals surface area contributed by atoms with Crippen molar-refractivity contribution >= 4 is 24.6 Å². The van der Waals surface area contributed by atoms with E-state index in [1.807, 2.05) is 27.7 Å². The van der Waals surface area contributed by atoms with Gasteiger partial charge in [0.05, 0.1) is 16.8 Å². The summed E-state index contributed by atoms with van der Waals surface area (Å²) in [5.74, 6) is -2.27. The van der Waals surface area contributed by atoms with E-state index in [1.54, 1.807) is 27.7 Å². The molecule has 7 nitrogen and oxygen atoms in total. The van der Waals surface area contributed by atoms with Crippen LogP contribution >= 0.6 is 0 Å². The number of nitrogens with zero attached hydrogens (tertiary/aromatic N) is 2. The first-order chi connectivity index (χ1) is 15.0. The van der Waals surface area contributed by atoms with E-state index in [0.29, 0.717) is 0 Å². The van der Waals surface area contributed by atoms with Crippen LogP contribution in [0.3, 0.4) is 0 Å². The normalized spacial score (nSPS) is 22.5. The zero-order valence-corrected chi connectivity index (χ0v) is 20.6. The Morgan fingerprint density at radius 3 is 2.15 bits per heavy atom. The van der Waals surface area contributed by atoms with Gasteiger partial charge in [-0.25, -0.2) is 13.6 Å². The molecule has 0 aliphatic carbocycles. The molecule has 1 aromatic rings. The van der Waals surface area contributed by atoms with Gasteiger partial charge in [0.15, 0.2) is 0 Å². The molecule has 0 spiro atoms. The Hall–Kier alpha value is -2.20. The summed E-state index contributed by atoms with van der Waals surface area (Å²) in [4.78, 5) is 28.3. The summed E-state index contributed by atoms with van der Waals surface area (Å²) in [6.45, 7) is 15.0. The molecule has 10 heteroatoms. The van der Waals surface area contributed by atoms with E-state index in [4.69, 9.17) is 14.0 Å². The Morgan fingerprint density at radius 1 is 1.06 bits per heavy atom. The highest BCUT2D eigenvalue weighted by Gasteiger charge is 2.52. The van der Waals surface area contributed by atoms with Crippen molar-refractivity contribution in [1.29, 1.82) is 0 Å². The number of halogens is 2. The van der Waals surface area contributed by atoms with E-state index in [2.05, 4.69) is 0 Å². The van der Waals surface area contributed by atoms with Gasteiger partial charge in [0, 0.05) is 31.1 Å². The third kappa shape index (κ3) is 5.16. The Morgan fingerprint density at radius 2 is 1.64 bits per heavy atom. The van der Waals surface area contributed by atoms with Crippen molar-refractivity contribution in [3.8, 4) is 0 Å². The third-order valence-corrected chi connectivity index (χ3v) is 6.37. The van der Waals surface area contributed by atoms with Gasteiger partial charge < -0.3 is 23.8 Å². The summed E-state index contributed by atoms with van der Waals surface area (Å²) >= 11 is 0. The minimum atomic E-state index is -1.08. The van der Waals surface area contributed by atoms with Crippen LogP contribution in [-0.2, 0) is 14.0 Å². The van der Waals surface area contributed by atoms with Gasteiger partial charge in [-0.15, -0.1) is 0 Å². The molecule has 2 heterocycles. The van der Waals surface area contributed by atoms with Gasteiger partial charge in [-0.05, 0) is 67.5 Å². The third-order valence-electron chi connectivity index (χ3n) is 6.37. The Balaban J connectivity index is 1.74. The summed E-state index contributed by atoms with van der Waals surface area (Å²) in [5.41, 5.74) is -2.52. The molecule has 2 fully saturated rings. The topological polar surface area (TPSA) is 68.3 Å². The van der Waals surface area contributed by atoms with Crippen molar-refractivity contribution in [2.45, 2.75) is 78.2 Å². The van der Waals surface area contributed by atoms with Crippen LogP contribution in [0.25, 0.3) is 0 Å². The van der Waals surface area contributed by atoms with E-state index in [0.717, 1.165) is 12.1 Å². The predicted molar refractivity (Wildman–Crippen MR) is 120 cm³/mol. The van der Waals surface area contributed by atoms with Crippen LogP contribution in [0.2, 0.25) is 0 Å². The minimum absolute atomic E-state index is 0.0918. The number of amides is 2. The van der Waals surface area contributed by atoms with E-state index < -0.39 is 47.6 Å². The van der Waals surface area contributed by atoms with Crippen molar-refractivity contribution in [1.82, 2.24) is 9.80 Å². The largest absolute Gasteiger partial charge is 0.497 e. The van der Waals surface area contributed by atoms with Crippen molar-refractivity contribution < 1.29 is 32.4 Å². The molecule has 0 aromatic heterocycles. The molecule has 0 radical (unpaired) electrons. The van der Waals surface area contributed by atoms with Gasteiger partial charge in [0.2, 0.25) is 0 Å². The highest BCUT2D eigenvalue weighted by atomic mass is 19.1. The second-order valence-electron chi connectivity index (χ2n) is 10.7. The van der Waals surface area contributed by atoms with Crippen LogP contribution in [0.5, 0.6) is 0 Å². The number of hydrogen-bond donors (Lipinski definition) is 0. The molecule has 1 unspecified atom stereocenters. The van der Waals surface area contributed by atoms with E-state index in [-0.39, 0.29) is 36.7 Å². The lowest BCUT2D eigenvalue weighted by molar-refractivity contribution is 0.00190. The fourth-order valence-electron chi connectivity index (χ4n) is 3.78. The molecule has 2 aliphatic heterocycles. The van der Waals surface area contributed by atoms with Gasteiger partial charge in [0.1, 0.15) is 17.2 Å². The van der Waals surface area contributed by atoms with E-state index in [9.17, 15) is 18.4 Å². The highest BCUT2D eigenvalue weighted by Crippen LogP contribution is 2.36. The summed E-state index contributed by atoms with van der Waals surface area (Å²) in [7, 11) is -1.08. The molecule has 33 heavy (non-hydrogen) atoms. The zero-order chi connectivity index (χ0) is 24.9. The van der Waals surface area contributed by atoms with Crippen molar-refractivity contribution in [3.05, 3.63) is 29.3 Å². The first-order valence-corrected chi connectivity index (χ1v) is 11.2. The van der Waals surface area contributed by atoms with Crippen molar-refractivity contribution in [2.24, 2.45) is 0 Å². The van der Waals surface area contributed by atoms with Crippen LogP contribution in [-0.4, -0.2) is 71.4 Å². The second-order valence-corrected chi connectivity index (χ2v) is 10.7. The molecule has 1 atom stereocenters. The number of hydrogen-bond acceptors (Lipinski definition) is 5. The molecular formula is C23H33BF2N2O5. The van der Waals surface area contributed by atoms with Crippen molar-refractivity contribution in [3.63, 3.8) is 0 Å². The fourth-order valence-corrected chi connectivity index (χ4v) is 3.78. The minimum Gasteiger partial charge on any atom is -0.444 e. The molecule has 3 rings (SSSR count). The zero-order valence-electron chi connectivity index (χ0n) is 20.6. The molecule has 0 saturated carbocycles. The summed E-state index contributed by atoms with van der Waals surface area (Å²) in [6.07, 6.45) is -0.467. The second kappa shape index (κ2) is 8.54. The fraction of sp³-hybridized carbons (Fsp3) is 0.652. The monoisotopic (exact) mass is 466 g/mol. The van der Waals surface area contributed by atoms with Gasteiger partial charge >= 0.3 is 13.2 Å². The predicted octanol–water partition coefficient (Wildman–Crippen LogP) is 3.35. The Bertz CT molecular complexity index is 932. The van der Waals surface area contributed by atoms with Crippen LogP contribution < -0.4 is 5.46 Å². The van der Waals surface area contributed by atoms with Gasteiger partial charge in [-0.3, -0.25) is 4.79 Å². The maximum absolute atomic E-state index is 15.0. The van der Waals surface area contributed by atoms with Gasteiger partial charge in [-0.2, -0.15) is 0 Å². The molecule has 182 valence electrons. The molecule has 2 amide bonds. The molecule has 1 aromatic carbocycles. The number of benzene rings is 1. The maximum atomic E-state index is 15.0. The summed E-state index contributed by atoms with van der Waals surface area (Å²) < 4.78 is 46.9. The first kappa shape index (κ1) is 25.4. The highest BCUT2D eigenvalue weighted by molar-refractivity contribution is 6.62. The van der Waals surface area contributed by atoms with Crippen molar-refractivity contribution in [2.75, 3.05) is 19.6 Å². The standard InChI is InChI=1S/C23H33BF2N2O5/c1-14-13-27(9-10-28(14)20(30)31-21(2,3)4)19(29)15-11-18(26)16(12-17(15)25)24-32-22(5,6)23(7,8)33-24/h11-12,14H,9-10,13H2,1-8H3. The van der Waals surface area contributed by atoms with Gasteiger partial charge in [-0.1, -0.05) is 0 Å². The quantitative estimate of drug-likeness (QED) is 0.626. The van der Waals surface area contributed by atoms with E-state index in [1.165, 1.54) is 9.80 Å². The smallest absolute Gasteiger partial charge is 0.444 e. The van der Waals surface area contributed by atoms with Crippen LogP contribution in [0.1, 0.15) is 65.7 Å². The molecule has 2 saturated heterocycles. The van der Waals surface area contributed by atoms with Crippen LogP contribution in [0.15, 0.2) is 12.1 Å². The summed E-state index contributed by atoms with van der Waals surface area (Å²) in [5, 5.41) is 0. The maximum Gasteiger partial charge on any atom is 0.497 e. The lowest BCUT2D eigenvalue weighted by Gasteiger charge is -2.40. The number of rotatable bonds is 2. The summed E-state index contributed by atoms with van der Waals surface area (Å²) in [6, 6.07) is 1.52. The molecule has 2 aliphatic rings. The lowest BCUT2D eigenvalue weighted by atomic mass is 9.78. The first-order valence-electron chi connectivity index (χ1n) is 11.2. The number of carbonyl (C=O) groups is 2. The SMILES string of the molecule is CC1CN(C(=O)c2cc(F)c(B3OC(C)(C)C(C)(C)O3)cc2F)CCN1C(=O)OC(C)(C)C. The number of carbonyl (C=O) groups excluding carboxylic acids is 2. The molecule has 0 bridgehead atoms. The number of ether oxygens (including phenoxy) is 1. The molecule has 0 N–H and O–H groups in total. The Labute approximate surface area is 194 Å². The Kier molecular flexibility index (Phi) is 6.58. The lowest BCUT2D eigenvalue weighted by Crippen LogP contribution is -2.56. The average molecular weight is 466 g/mol. The van der Waals surface area contributed by atoms with Crippen LogP contribution in [0, 0.1) is 11.6 Å². The number of piperazine rings is 1. The average Bonchev–Trinajstić information content (AvgIpc) is 2.88.